The lowest BCUT2D eigenvalue weighted by Crippen LogP contribution is -2.61. The average Bonchev–Trinajstić information content (AvgIpc) is 2.42. The summed E-state index contributed by atoms with van der Waals surface area (Å²) in [6.07, 6.45) is -12.1. The summed E-state index contributed by atoms with van der Waals surface area (Å²) in [4.78, 5) is 0. The van der Waals surface area contributed by atoms with E-state index in [1.807, 2.05) is 0 Å². The van der Waals surface area contributed by atoms with Gasteiger partial charge in [-0.25, -0.2) is 0 Å². The molecule has 9 heteroatoms. The van der Waals surface area contributed by atoms with Gasteiger partial charge in [-0.2, -0.15) is 0 Å². The zero-order chi connectivity index (χ0) is 15.0. The molecule has 0 bridgehead atoms. The molecular weight excluding hydrogens is 276 g/mol. The Morgan fingerprint density at radius 1 is 0.900 bits per heavy atom. The van der Waals surface area contributed by atoms with E-state index in [9.17, 15) is 30.6 Å². The van der Waals surface area contributed by atoms with E-state index in [0.29, 0.717) is 0 Å². The molecule has 0 saturated carbocycles. The Morgan fingerprint density at radius 3 is 2.20 bits per heavy atom. The van der Waals surface area contributed by atoms with Crippen LogP contribution in [0, 0.1) is 0 Å². The van der Waals surface area contributed by atoms with Crippen LogP contribution in [0.1, 0.15) is 6.92 Å². The molecule has 0 amide bonds. The normalized spacial score (nSPS) is 53.9. The van der Waals surface area contributed by atoms with Gasteiger partial charge in [0.05, 0.1) is 12.7 Å². The first-order chi connectivity index (χ1) is 9.32. The summed E-state index contributed by atoms with van der Waals surface area (Å²) in [5.41, 5.74) is 0. The molecule has 0 aromatic heterocycles. The smallest absolute Gasteiger partial charge is 0.187 e. The topological polar surface area (TPSA) is 149 Å². The van der Waals surface area contributed by atoms with Crippen LogP contribution in [-0.4, -0.2) is 92.6 Å². The zero-order valence-corrected chi connectivity index (χ0v) is 10.8. The molecule has 20 heavy (non-hydrogen) atoms. The van der Waals surface area contributed by atoms with Crippen LogP contribution < -0.4 is 0 Å². The third-order valence-electron chi connectivity index (χ3n) is 3.55. The summed E-state index contributed by atoms with van der Waals surface area (Å²) < 4.78 is 15.2. The molecule has 9 atom stereocenters. The van der Waals surface area contributed by atoms with Crippen LogP contribution in [0.4, 0.5) is 0 Å². The summed E-state index contributed by atoms with van der Waals surface area (Å²) in [6, 6.07) is 0. The second kappa shape index (κ2) is 6.18. The van der Waals surface area contributed by atoms with Crippen molar-refractivity contribution in [3.63, 3.8) is 0 Å². The summed E-state index contributed by atoms with van der Waals surface area (Å²) >= 11 is 0. The quantitative estimate of drug-likeness (QED) is 0.302. The van der Waals surface area contributed by atoms with Crippen molar-refractivity contribution in [2.45, 2.75) is 62.2 Å². The van der Waals surface area contributed by atoms with Crippen LogP contribution >= 0.6 is 0 Å². The van der Waals surface area contributed by atoms with Crippen molar-refractivity contribution in [3.8, 4) is 0 Å². The maximum absolute atomic E-state index is 9.77. The van der Waals surface area contributed by atoms with E-state index in [-0.39, 0.29) is 6.61 Å². The second-order valence-corrected chi connectivity index (χ2v) is 5.06. The highest BCUT2D eigenvalue weighted by molar-refractivity contribution is 4.90. The van der Waals surface area contributed by atoms with Gasteiger partial charge >= 0.3 is 0 Å². The van der Waals surface area contributed by atoms with Gasteiger partial charge in [-0.15, -0.1) is 0 Å². The van der Waals surface area contributed by atoms with Crippen LogP contribution in [0.15, 0.2) is 0 Å². The molecule has 0 radical (unpaired) electrons. The molecule has 2 heterocycles. The third kappa shape index (κ3) is 2.96. The molecule has 0 aromatic rings. The first-order valence-corrected chi connectivity index (χ1v) is 6.34. The van der Waals surface area contributed by atoms with Crippen molar-refractivity contribution in [1.29, 1.82) is 0 Å². The van der Waals surface area contributed by atoms with E-state index in [4.69, 9.17) is 14.2 Å². The van der Waals surface area contributed by atoms with E-state index in [2.05, 4.69) is 0 Å². The monoisotopic (exact) mass is 296 g/mol. The Balaban J connectivity index is 2.04. The maximum atomic E-state index is 9.77. The summed E-state index contributed by atoms with van der Waals surface area (Å²) in [5.74, 6) is 0. The van der Waals surface area contributed by atoms with Crippen LogP contribution in [0.25, 0.3) is 0 Å². The highest BCUT2D eigenvalue weighted by Gasteiger charge is 2.47. The number of aliphatic hydroxyl groups is 6. The molecule has 2 fully saturated rings. The maximum Gasteiger partial charge on any atom is 0.187 e. The average molecular weight is 296 g/mol. The minimum absolute atomic E-state index is 0.256. The number of hydrogen-bond donors (Lipinski definition) is 6. The molecule has 2 aliphatic rings. The van der Waals surface area contributed by atoms with E-state index in [1.54, 1.807) is 0 Å². The molecule has 2 saturated heterocycles. The number of hydrogen-bond acceptors (Lipinski definition) is 9. The SMILES string of the molecule is C[C@@H]1OC(O[C@H]2C(O)OC[C@H](O)[C@@H]2O)[C@H](O)[C@H](O)[C@H]1O. The molecule has 2 unspecified atom stereocenters. The van der Waals surface area contributed by atoms with Crippen molar-refractivity contribution < 1.29 is 44.8 Å². The van der Waals surface area contributed by atoms with E-state index in [1.165, 1.54) is 6.92 Å². The molecule has 9 nitrogen and oxygen atoms in total. The fourth-order valence-electron chi connectivity index (χ4n) is 2.21. The van der Waals surface area contributed by atoms with Gasteiger partial charge in [-0.1, -0.05) is 0 Å². The second-order valence-electron chi connectivity index (χ2n) is 5.06. The van der Waals surface area contributed by atoms with Crippen LogP contribution in [0.5, 0.6) is 0 Å². The summed E-state index contributed by atoms with van der Waals surface area (Å²) in [7, 11) is 0. The largest absolute Gasteiger partial charge is 0.388 e. The molecule has 0 aromatic carbocycles. The van der Waals surface area contributed by atoms with E-state index < -0.39 is 55.3 Å². The van der Waals surface area contributed by atoms with Crippen LogP contribution in [0.2, 0.25) is 0 Å². The fourth-order valence-corrected chi connectivity index (χ4v) is 2.21. The van der Waals surface area contributed by atoms with Gasteiger partial charge in [0, 0.05) is 0 Å². The number of rotatable bonds is 2. The molecular formula is C11H20O9. The summed E-state index contributed by atoms with van der Waals surface area (Å²) in [6.45, 7) is 1.21. The van der Waals surface area contributed by atoms with Crippen molar-refractivity contribution in [2.24, 2.45) is 0 Å². The highest BCUT2D eigenvalue weighted by Crippen LogP contribution is 2.26. The minimum atomic E-state index is -1.57. The van der Waals surface area contributed by atoms with Gasteiger partial charge in [-0.3, -0.25) is 0 Å². The molecule has 2 aliphatic heterocycles. The Morgan fingerprint density at radius 2 is 1.55 bits per heavy atom. The fraction of sp³-hybridized carbons (Fsp3) is 1.00. The molecule has 118 valence electrons. The molecule has 0 aliphatic carbocycles. The van der Waals surface area contributed by atoms with Gasteiger partial charge in [0.2, 0.25) is 0 Å². The van der Waals surface area contributed by atoms with Crippen molar-refractivity contribution >= 4 is 0 Å². The number of ether oxygens (including phenoxy) is 3. The first-order valence-electron chi connectivity index (χ1n) is 6.34. The van der Waals surface area contributed by atoms with Crippen molar-refractivity contribution in [2.75, 3.05) is 6.61 Å². The van der Waals surface area contributed by atoms with Gasteiger partial charge in [-0.05, 0) is 6.92 Å². The number of aliphatic hydroxyl groups excluding tert-OH is 6. The summed E-state index contributed by atoms with van der Waals surface area (Å²) in [5, 5.41) is 57.7. The predicted molar refractivity (Wildman–Crippen MR) is 61.2 cm³/mol. The lowest BCUT2D eigenvalue weighted by atomic mass is 9.99. The highest BCUT2D eigenvalue weighted by atomic mass is 16.7. The van der Waals surface area contributed by atoms with Crippen LogP contribution in [-0.2, 0) is 14.2 Å². The van der Waals surface area contributed by atoms with E-state index in [0.717, 1.165) is 0 Å². The Bertz CT molecular complexity index is 327. The van der Waals surface area contributed by atoms with Crippen LogP contribution in [0.3, 0.4) is 0 Å². The van der Waals surface area contributed by atoms with Gasteiger partial charge in [0.15, 0.2) is 12.6 Å². The molecule has 0 spiro atoms. The standard InChI is InChI=1S/C11H20O9/c1-3-5(13)7(15)8(16)11(19-3)20-9-6(14)4(12)2-18-10(9)17/h3-17H,2H2,1H3/t3-,4-,5-,6-,7+,8+,9+,10?,11?/m0/s1. The Hall–Kier alpha value is -0.360. The first kappa shape index (κ1) is 16.0. The zero-order valence-electron chi connectivity index (χ0n) is 10.8. The lowest BCUT2D eigenvalue weighted by molar-refractivity contribution is -0.348. The predicted octanol–water partition coefficient (Wildman–Crippen LogP) is -3.73. The van der Waals surface area contributed by atoms with Gasteiger partial charge < -0.3 is 44.8 Å². The van der Waals surface area contributed by atoms with Crippen molar-refractivity contribution in [1.82, 2.24) is 0 Å². The van der Waals surface area contributed by atoms with E-state index >= 15 is 0 Å². The minimum Gasteiger partial charge on any atom is -0.388 e. The molecule has 2 rings (SSSR count). The van der Waals surface area contributed by atoms with Gasteiger partial charge in [0.1, 0.15) is 36.6 Å². The van der Waals surface area contributed by atoms with Gasteiger partial charge in [0.25, 0.3) is 0 Å². The Kier molecular flexibility index (Phi) is 4.95. The Labute approximate surface area is 114 Å². The molecule has 6 N–H and O–H groups in total. The lowest BCUT2D eigenvalue weighted by Gasteiger charge is -2.43. The van der Waals surface area contributed by atoms with Crippen molar-refractivity contribution in [3.05, 3.63) is 0 Å². The third-order valence-corrected chi connectivity index (χ3v) is 3.55.